The summed E-state index contributed by atoms with van der Waals surface area (Å²) in [6.45, 7) is 3.99. The summed E-state index contributed by atoms with van der Waals surface area (Å²) in [5, 5.41) is 1.62. The molecule has 4 heteroatoms. The van der Waals surface area contributed by atoms with Gasteiger partial charge in [0, 0.05) is 25.2 Å². The van der Waals surface area contributed by atoms with E-state index in [0.29, 0.717) is 12.0 Å². The average molecular weight is 272 g/mol. The molecule has 1 aromatic carbocycles. The predicted octanol–water partition coefficient (Wildman–Crippen LogP) is 2.01. The van der Waals surface area contributed by atoms with Gasteiger partial charge in [0.1, 0.15) is 12.4 Å². The van der Waals surface area contributed by atoms with Crippen molar-refractivity contribution < 1.29 is 4.74 Å². The van der Waals surface area contributed by atoms with Crippen LogP contribution in [0.3, 0.4) is 0 Å². The maximum absolute atomic E-state index is 12.1. The van der Waals surface area contributed by atoms with Gasteiger partial charge in [-0.2, -0.15) is 0 Å². The monoisotopic (exact) mass is 272 g/mol. The van der Waals surface area contributed by atoms with Gasteiger partial charge in [0.25, 0.3) is 5.56 Å². The van der Waals surface area contributed by atoms with Crippen molar-refractivity contribution in [3.8, 4) is 5.75 Å². The zero-order valence-electron chi connectivity index (χ0n) is 11.8. The summed E-state index contributed by atoms with van der Waals surface area (Å²) < 4.78 is 7.48. The van der Waals surface area contributed by atoms with Crippen molar-refractivity contribution in [2.75, 3.05) is 26.2 Å². The van der Waals surface area contributed by atoms with Crippen LogP contribution < -0.4 is 10.3 Å². The summed E-state index contributed by atoms with van der Waals surface area (Å²) in [4.78, 5) is 14.5. The van der Waals surface area contributed by atoms with Gasteiger partial charge in [0.15, 0.2) is 0 Å². The Balaban J connectivity index is 1.77. The van der Waals surface area contributed by atoms with Crippen molar-refractivity contribution in [3.05, 3.63) is 40.8 Å². The molecule has 0 atom stereocenters. The lowest BCUT2D eigenvalue weighted by Crippen LogP contribution is -2.25. The summed E-state index contributed by atoms with van der Waals surface area (Å²) in [5.41, 5.74) is 0.0208. The first-order chi connectivity index (χ1) is 9.75. The van der Waals surface area contributed by atoms with Crippen LogP contribution in [0.2, 0.25) is 0 Å². The van der Waals surface area contributed by atoms with E-state index in [0.717, 1.165) is 17.7 Å². The third kappa shape index (κ3) is 2.56. The zero-order chi connectivity index (χ0) is 13.9. The van der Waals surface area contributed by atoms with E-state index < -0.39 is 0 Å². The van der Waals surface area contributed by atoms with Gasteiger partial charge in [-0.1, -0.05) is 6.07 Å². The fourth-order valence-corrected chi connectivity index (χ4v) is 2.76. The van der Waals surface area contributed by atoms with Crippen molar-refractivity contribution in [2.45, 2.75) is 12.8 Å². The minimum absolute atomic E-state index is 0.0208. The predicted molar refractivity (Wildman–Crippen MR) is 80.4 cm³/mol. The van der Waals surface area contributed by atoms with Crippen LogP contribution in [0.25, 0.3) is 10.8 Å². The molecule has 0 amide bonds. The maximum Gasteiger partial charge on any atom is 0.258 e. The number of likely N-dealkylation sites (tertiary alicyclic amines) is 1. The SMILES string of the molecule is Cn1ccc2c(OCCN3CCCC3)cccc2c1=O. The van der Waals surface area contributed by atoms with Gasteiger partial charge in [-0.25, -0.2) is 0 Å². The minimum atomic E-state index is 0.0208. The van der Waals surface area contributed by atoms with Gasteiger partial charge >= 0.3 is 0 Å². The average Bonchev–Trinajstić information content (AvgIpc) is 2.97. The Labute approximate surface area is 118 Å². The van der Waals surface area contributed by atoms with Crippen LogP contribution >= 0.6 is 0 Å². The number of ether oxygens (including phenoxy) is 1. The fraction of sp³-hybridized carbons (Fsp3) is 0.438. The molecule has 106 valence electrons. The standard InChI is InChI=1S/C16H20N2O2/c1-17-10-7-13-14(16(17)19)5-4-6-15(13)20-12-11-18-8-2-3-9-18/h4-7,10H,2-3,8-9,11-12H2,1H3. The minimum Gasteiger partial charge on any atom is -0.492 e. The molecule has 2 heterocycles. The molecule has 1 aliphatic rings. The summed E-state index contributed by atoms with van der Waals surface area (Å²) in [6.07, 6.45) is 4.38. The number of benzene rings is 1. The van der Waals surface area contributed by atoms with Crippen LogP contribution in [0.1, 0.15) is 12.8 Å². The Morgan fingerprint density at radius 3 is 2.75 bits per heavy atom. The van der Waals surface area contributed by atoms with E-state index >= 15 is 0 Å². The van der Waals surface area contributed by atoms with Crippen LogP contribution in [0.15, 0.2) is 35.3 Å². The first-order valence-corrected chi connectivity index (χ1v) is 7.19. The number of aryl methyl sites for hydroxylation is 1. The number of fused-ring (bicyclic) bond motifs is 1. The summed E-state index contributed by atoms with van der Waals surface area (Å²) in [6, 6.07) is 7.62. The van der Waals surface area contributed by atoms with Gasteiger partial charge in [0.2, 0.25) is 0 Å². The highest BCUT2D eigenvalue weighted by Crippen LogP contribution is 2.23. The molecule has 0 unspecified atom stereocenters. The molecule has 0 spiro atoms. The molecule has 1 fully saturated rings. The highest BCUT2D eigenvalue weighted by Gasteiger charge is 2.11. The van der Waals surface area contributed by atoms with Crippen LogP contribution in [-0.4, -0.2) is 35.7 Å². The molecular formula is C16H20N2O2. The number of hydrogen-bond donors (Lipinski definition) is 0. The largest absolute Gasteiger partial charge is 0.492 e. The molecule has 1 saturated heterocycles. The first kappa shape index (κ1) is 13.2. The Hall–Kier alpha value is -1.81. The van der Waals surface area contributed by atoms with Crippen molar-refractivity contribution in [1.82, 2.24) is 9.47 Å². The molecule has 20 heavy (non-hydrogen) atoms. The molecule has 1 aliphatic heterocycles. The number of rotatable bonds is 4. The fourth-order valence-electron chi connectivity index (χ4n) is 2.76. The highest BCUT2D eigenvalue weighted by atomic mass is 16.5. The zero-order valence-corrected chi connectivity index (χ0v) is 11.8. The third-order valence-electron chi connectivity index (χ3n) is 3.95. The molecule has 0 N–H and O–H groups in total. The summed E-state index contributed by atoms with van der Waals surface area (Å²) in [7, 11) is 1.77. The smallest absolute Gasteiger partial charge is 0.258 e. The number of hydrogen-bond acceptors (Lipinski definition) is 3. The highest BCUT2D eigenvalue weighted by molar-refractivity contribution is 5.87. The maximum atomic E-state index is 12.1. The lowest BCUT2D eigenvalue weighted by molar-refractivity contribution is 0.239. The lowest BCUT2D eigenvalue weighted by Gasteiger charge is -2.15. The van der Waals surface area contributed by atoms with E-state index in [1.165, 1.54) is 25.9 Å². The third-order valence-corrected chi connectivity index (χ3v) is 3.95. The topological polar surface area (TPSA) is 34.5 Å². The Kier molecular flexibility index (Phi) is 3.74. The van der Waals surface area contributed by atoms with Gasteiger partial charge in [-0.15, -0.1) is 0 Å². The van der Waals surface area contributed by atoms with E-state index in [4.69, 9.17) is 4.74 Å². The van der Waals surface area contributed by atoms with Crippen LogP contribution in [-0.2, 0) is 7.05 Å². The molecule has 4 nitrogen and oxygen atoms in total. The first-order valence-electron chi connectivity index (χ1n) is 7.19. The Morgan fingerprint density at radius 2 is 1.95 bits per heavy atom. The molecule has 0 saturated carbocycles. The van der Waals surface area contributed by atoms with E-state index in [2.05, 4.69) is 4.90 Å². The summed E-state index contributed by atoms with van der Waals surface area (Å²) in [5.74, 6) is 0.805. The lowest BCUT2D eigenvalue weighted by atomic mass is 10.1. The second kappa shape index (κ2) is 5.67. The van der Waals surface area contributed by atoms with Gasteiger partial charge < -0.3 is 9.30 Å². The van der Waals surface area contributed by atoms with Gasteiger partial charge in [0.05, 0.1) is 5.39 Å². The van der Waals surface area contributed by atoms with Gasteiger partial charge in [-0.05, 0) is 44.1 Å². The Bertz CT molecular complexity index is 657. The van der Waals surface area contributed by atoms with Crippen molar-refractivity contribution in [3.63, 3.8) is 0 Å². The molecular weight excluding hydrogens is 252 g/mol. The second-order valence-electron chi connectivity index (χ2n) is 5.35. The van der Waals surface area contributed by atoms with Crippen molar-refractivity contribution in [1.29, 1.82) is 0 Å². The van der Waals surface area contributed by atoms with E-state index in [-0.39, 0.29) is 5.56 Å². The molecule has 3 rings (SSSR count). The van der Waals surface area contributed by atoms with Crippen LogP contribution in [0.5, 0.6) is 5.75 Å². The van der Waals surface area contributed by atoms with Crippen molar-refractivity contribution >= 4 is 10.8 Å². The molecule has 1 aromatic heterocycles. The van der Waals surface area contributed by atoms with Gasteiger partial charge in [-0.3, -0.25) is 9.69 Å². The van der Waals surface area contributed by atoms with E-state index in [9.17, 15) is 4.79 Å². The molecule has 0 aliphatic carbocycles. The van der Waals surface area contributed by atoms with Crippen LogP contribution in [0, 0.1) is 0 Å². The molecule has 0 bridgehead atoms. The Morgan fingerprint density at radius 1 is 1.15 bits per heavy atom. The van der Waals surface area contributed by atoms with Crippen LogP contribution in [0.4, 0.5) is 0 Å². The normalized spacial score (nSPS) is 15.8. The number of aromatic nitrogens is 1. The quantitative estimate of drug-likeness (QED) is 0.854. The van der Waals surface area contributed by atoms with Crippen molar-refractivity contribution in [2.24, 2.45) is 7.05 Å². The summed E-state index contributed by atoms with van der Waals surface area (Å²) >= 11 is 0. The number of pyridine rings is 1. The number of nitrogens with zero attached hydrogens (tertiary/aromatic N) is 2. The van der Waals surface area contributed by atoms with E-state index in [1.54, 1.807) is 17.8 Å². The second-order valence-corrected chi connectivity index (χ2v) is 5.35. The molecule has 0 radical (unpaired) electrons. The van der Waals surface area contributed by atoms with E-state index in [1.807, 2.05) is 24.3 Å². The molecule has 2 aromatic rings.